The summed E-state index contributed by atoms with van der Waals surface area (Å²) in [6.45, 7) is 5.57. The van der Waals surface area contributed by atoms with Crippen LogP contribution < -0.4 is 10.2 Å². The van der Waals surface area contributed by atoms with Gasteiger partial charge in [0.05, 0.1) is 17.6 Å². The van der Waals surface area contributed by atoms with Crippen molar-refractivity contribution in [3.05, 3.63) is 17.0 Å². The number of urea groups is 1. The number of carbonyl (C=O) groups is 1. The van der Waals surface area contributed by atoms with Crippen LogP contribution in [0.15, 0.2) is 11.4 Å². The topological polar surface area (TPSA) is 35.6 Å². The van der Waals surface area contributed by atoms with E-state index in [9.17, 15) is 4.79 Å². The van der Waals surface area contributed by atoms with Crippen LogP contribution in [0, 0.1) is 6.92 Å². The molecule has 0 aliphatic carbocycles. The second-order valence-electron chi connectivity index (χ2n) is 4.41. The summed E-state index contributed by atoms with van der Waals surface area (Å²) < 4.78 is 0. The number of rotatable bonds is 1. The lowest BCUT2D eigenvalue weighted by Crippen LogP contribution is -2.49. The van der Waals surface area contributed by atoms with Crippen LogP contribution in [0.3, 0.4) is 0 Å². The maximum absolute atomic E-state index is 12.2. The SMILES string of the molecule is Cc1csc(N2CC3CNCCN3C2=O)c1. The van der Waals surface area contributed by atoms with Crippen LogP contribution in [0.2, 0.25) is 0 Å². The molecule has 2 saturated heterocycles. The van der Waals surface area contributed by atoms with E-state index in [-0.39, 0.29) is 6.03 Å². The van der Waals surface area contributed by atoms with Gasteiger partial charge in [-0.25, -0.2) is 4.79 Å². The van der Waals surface area contributed by atoms with E-state index in [1.54, 1.807) is 11.3 Å². The van der Waals surface area contributed by atoms with Crippen LogP contribution in [0.5, 0.6) is 0 Å². The minimum Gasteiger partial charge on any atom is -0.317 e. The number of aryl methyl sites for hydroxylation is 1. The molecule has 2 fully saturated rings. The van der Waals surface area contributed by atoms with Gasteiger partial charge < -0.3 is 10.2 Å². The van der Waals surface area contributed by atoms with Crippen LogP contribution >= 0.6 is 11.3 Å². The van der Waals surface area contributed by atoms with Crippen molar-refractivity contribution in [3.63, 3.8) is 0 Å². The first-order chi connectivity index (χ1) is 7.75. The molecular formula is C11H15N3OS. The average molecular weight is 237 g/mol. The zero-order valence-corrected chi connectivity index (χ0v) is 10.1. The number of nitrogens with zero attached hydrogens (tertiary/aromatic N) is 2. The number of amides is 2. The quantitative estimate of drug-likeness (QED) is 0.798. The Bertz CT molecular complexity index is 417. The first-order valence-electron chi connectivity index (χ1n) is 5.60. The van der Waals surface area contributed by atoms with Gasteiger partial charge in [-0.15, -0.1) is 11.3 Å². The van der Waals surface area contributed by atoms with Gasteiger partial charge in [0, 0.05) is 19.6 Å². The molecule has 1 aromatic heterocycles. The van der Waals surface area contributed by atoms with Crippen molar-refractivity contribution in [1.82, 2.24) is 10.2 Å². The highest BCUT2D eigenvalue weighted by Crippen LogP contribution is 2.30. The molecule has 1 atom stereocenters. The van der Waals surface area contributed by atoms with Gasteiger partial charge >= 0.3 is 6.03 Å². The van der Waals surface area contributed by atoms with Gasteiger partial charge in [0.2, 0.25) is 0 Å². The summed E-state index contributed by atoms with van der Waals surface area (Å²) in [6.07, 6.45) is 0. The first-order valence-corrected chi connectivity index (χ1v) is 6.47. The molecule has 0 bridgehead atoms. The summed E-state index contributed by atoms with van der Waals surface area (Å²) in [4.78, 5) is 16.1. The first kappa shape index (κ1) is 10.1. The molecule has 1 aromatic rings. The fourth-order valence-corrected chi connectivity index (χ4v) is 3.27. The third-order valence-electron chi connectivity index (χ3n) is 3.20. The second-order valence-corrected chi connectivity index (χ2v) is 5.30. The Kier molecular flexibility index (Phi) is 2.37. The number of anilines is 1. The normalized spacial score (nSPS) is 25.1. The summed E-state index contributed by atoms with van der Waals surface area (Å²) in [5, 5.41) is 6.51. The fourth-order valence-electron chi connectivity index (χ4n) is 2.36. The summed E-state index contributed by atoms with van der Waals surface area (Å²) in [5.74, 6) is 0. The van der Waals surface area contributed by atoms with E-state index in [1.807, 2.05) is 9.80 Å². The van der Waals surface area contributed by atoms with E-state index in [1.165, 1.54) is 5.56 Å². The van der Waals surface area contributed by atoms with E-state index in [0.717, 1.165) is 31.2 Å². The summed E-state index contributed by atoms with van der Waals surface area (Å²) in [5.41, 5.74) is 1.23. The Hall–Kier alpha value is -1.07. The van der Waals surface area contributed by atoms with E-state index in [0.29, 0.717) is 6.04 Å². The number of nitrogens with one attached hydrogen (secondary N) is 1. The molecule has 16 heavy (non-hydrogen) atoms. The lowest BCUT2D eigenvalue weighted by molar-refractivity contribution is 0.193. The maximum Gasteiger partial charge on any atom is 0.325 e. The highest BCUT2D eigenvalue weighted by molar-refractivity contribution is 7.14. The van der Waals surface area contributed by atoms with Gasteiger partial charge in [-0.2, -0.15) is 0 Å². The number of thiophene rings is 1. The molecule has 0 radical (unpaired) electrons. The van der Waals surface area contributed by atoms with E-state index in [2.05, 4.69) is 23.7 Å². The number of hydrogen-bond acceptors (Lipinski definition) is 3. The molecule has 1 unspecified atom stereocenters. The molecule has 86 valence electrons. The van der Waals surface area contributed by atoms with Gasteiger partial charge in [-0.1, -0.05) is 0 Å². The van der Waals surface area contributed by atoms with E-state index in [4.69, 9.17) is 0 Å². The molecule has 3 rings (SSSR count). The Morgan fingerprint density at radius 2 is 2.44 bits per heavy atom. The van der Waals surface area contributed by atoms with Crippen LogP contribution in [-0.2, 0) is 0 Å². The zero-order chi connectivity index (χ0) is 11.1. The molecule has 5 heteroatoms. The Morgan fingerprint density at radius 3 is 3.12 bits per heavy atom. The van der Waals surface area contributed by atoms with Gasteiger partial charge in [0.1, 0.15) is 0 Å². The van der Waals surface area contributed by atoms with Crippen molar-refractivity contribution < 1.29 is 4.79 Å². The lowest BCUT2D eigenvalue weighted by atomic mass is 10.2. The van der Waals surface area contributed by atoms with E-state index < -0.39 is 0 Å². The number of fused-ring (bicyclic) bond motifs is 1. The van der Waals surface area contributed by atoms with Gasteiger partial charge in [0.15, 0.2) is 0 Å². The number of hydrogen-bond donors (Lipinski definition) is 1. The second kappa shape index (κ2) is 3.75. The standard InChI is InChI=1S/C11H15N3OS/c1-8-4-10(16-7-8)14-6-9-5-12-2-3-13(9)11(14)15/h4,7,9,12H,2-3,5-6H2,1H3. The third-order valence-corrected chi connectivity index (χ3v) is 4.27. The van der Waals surface area contributed by atoms with Crippen molar-refractivity contribution in [2.75, 3.05) is 31.1 Å². The molecule has 2 aliphatic rings. The molecular weight excluding hydrogens is 222 g/mol. The molecule has 4 nitrogen and oxygen atoms in total. The molecule has 0 spiro atoms. The fraction of sp³-hybridized carbons (Fsp3) is 0.545. The lowest BCUT2D eigenvalue weighted by Gasteiger charge is -2.28. The van der Waals surface area contributed by atoms with Crippen molar-refractivity contribution in [2.24, 2.45) is 0 Å². The van der Waals surface area contributed by atoms with Crippen molar-refractivity contribution in [3.8, 4) is 0 Å². The van der Waals surface area contributed by atoms with E-state index >= 15 is 0 Å². The molecule has 2 amide bonds. The molecule has 1 N–H and O–H groups in total. The van der Waals surface area contributed by atoms with Gasteiger partial charge in [-0.05, 0) is 23.9 Å². The summed E-state index contributed by atoms with van der Waals surface area (Å²) in [6, 6.07) is 2.62. The van der Waals surface area contributed by atoms with Gasteiger partial charge in [0.25, 0.3) is 0 Å². The third kappa shape index (κ3) is 1.51. The van der Waals surface area contributed by atoms with Crippen LogP contribution in [-0.4, -0.2) is 43.2 Å². The smallest absolute Gasteiger partial charge is 0.317 e. The predicted octanol–water partition coefficient (Wildman–Crippen LogP) is 1.27. The van der Waals surface area contributed by atoms with Crippen molar-refractivity contribution in [2.45, 2.75) is 13.0 Å². The minimum atomic E-state index is 0.174. The van der Waals surface area contributed by atoms with Crippen LogP contribution in [0.4, 0.5) is 9.80 Å². The number of carbonyl (C=O) groups excluding carboxylic acids is 1. The average Bonchev–Trinajstić information content (AvgIpc) is 2.84. The molecule has 2 aliphatic heterocycles. The molecule has 3 heterocycles. The Balaban J connectivity index is 1.85. The highest BCUT2D eigenvalue weighted by atomic mass is 32.1. The Labute approximate surface area is 98.8 Å². The Morgan fingerprint density at radius 1 is 1.56 bits per heavy atom. The zero-order valence-electron chi connectivity index (χ0n) is 9.27. The summed E-state index contributed by atoms with van der Waals surface area (Å²) >= 11 is 1.65. The summed E-state index contributed by atoms with van der Waals surface area (Å²) in [7, 11) is 0. The maximum atomic E-state index is 12.2. The molecule has 0 saturated carbocycles. The van der Waals surface area contributed by atoms with Crippen LogP contribution in [0.1, 0.15) is 5.56 Å². The minimum absolute atomic E-state index is 0.174. The van der Waals surface area contributed by atoms with Crippen molar-refractivity contribution >= 4 is 22.4 Å². The predicted molar refractivity (Wildman–Crippen MR) is 65.2 cm³/mol. The highest BCUT2D eigenvalue weighted by Gasteiger charge is 2.39. The number of piperazine rings is 1. The monoisotopic (exact) mass is 237 g/mol. The molecule has 0 aromatic carbocycles. The van der Waals surface area contributed by atoms with Crippen molar-refractivity contribution in [1.29, 1.82) is 0 Å². The van der Waals surface area contributed by atoms with Gasteiger partial charge in [-0.3, -0.25) is 4.90 Å². The largest absolute Gasteiger partial charge is 0.325 e. The van der Waals surface area contributed by atoms with Crippen LogP contribution in [0.25, 0.3) is 0 Å².